The van der Waals surface area contributed by atoms with Gasteiger partial charge in [-0.1, -0.05) is 71.7 Å². The third kappa shape index (κ3) is 14.4. The molecule has 2 aliphatic rings. The Balaban J connectivity index is 0.000000195. The first kappa shape index (κ1) is 57.0. The lowest BCUT2D eigenvalue weighted by Gasteiger charge is -2.22. The van der Waals surface area contributed by atoms with Crippen LogP contribution in [0.25, 0.3) is 44.6 Å². The Hall–Kier alpha value is -7.68. The van der Waals surface area contributed by atoms with E-state index >= 15 is 0 Å². The predicted molar refractivity (Wildman–Crippen MR) is 307 cm³/mol. The first-order valence-electron chi connectivity index (χ1n) is 26.9. The summed E-state index contributed by atoms with van der Waals surface area (Å²) >= 11 is 12.3. The van der Waals surface area contributed by atoms with Gasteiger partial charge >= 0.3 is 11.9 Å². The molecular weight excluding hydrogens is 1060 g/mol. The highest BCUT2D eigenvalue weighted by atomic mass is 35.5. The Labute approximate surface area is 473 Å². The fourth-order valence-electron chi connectivity index (χ4n) is 10.5. The van der Waals surface area contributed by atoms with Gasteiger partial charge in [-0.05, 0) is 194 Å². The molecule has 4 unspecified atom stereocenters. The number of hydrogen-bond acceptors (Lipinski definition) is 9. The number of aliphatic carboxylic acids is 1. The summed E-state index contributed by atoms with van der Waals surface area (Å²) in [7, 11) is 0. The summed E-state index contributed by atoms with van der Waals surface area (Å²) in [5.74, 6) is -2.07. The molecule has 2 saturated carbocycles. The van der Waals surface area contributed by atoms with Crippen molar-refractivity contribution in [3.8, 4) is 22.5 Å². The van der Waals surface area contributed by atoms with Crippen molar-refractivity contribution in [3.05, 3.63) is 189 Å². The SMILES string of the molecule is C[C@@H](NC(=O)c1ccc2nc(-c3ccc(Cl)cc3)c(CC3CCC(C(=O)O)C3)nc2c1)c1ccc(F)cc1.C[C@@H](NC(=O)c1ccc2nc(-c3ccc(Cl)cc3)c(CC3CCC(C(=O)OC(C)(C)C)C3)nc2c1)c1ccc(F)cc1. The third-order valence-electron chi connectivity index (χ3n) is 14.8. The van der Waals surface area contributed by atoms with E-state index in [0.717, 1.165) is 70.7 Å². The number of aromatic nitrogens is 4. The molecule has 3 N–H and O–H groups in total. The number of hydrogen-bond donors (Lipinski definition) is 3. The molecule has 2 aliphatic carbocycles. The van der Waals surface area contributed by atoms with Gasteiger partial charge in [0, 0.05) is 32.3 Å². The van der Waals surface area contributed by atoms with Gasteiger partial charge in [0.2, 0.25) is 0 Å². The molecule has 0 radical (unpaired) electrons. The molecule has 0 aliphatic heterocycles. The number of amides is 2. The van der Waals surface area contributed by atoms with Crippen molar-refractivity contribution in [1.29, 1.82) is 0 Å². The molecule has 6 aromatic carbocycles. The number of nitrogens with one attached hydrogen (secondary N) is 2. The number of nitrogens with zero attached hydrogens (tertiary/aromatic N) is 4. The summed E-state index contributed by atoms with van der Waals surface area (Å²) in [4.78, 5) is 70.2. The average Bonchev–Trinajstić information content (AvgIpc) is 4.13. The van der Waals surface area contributed by atoms with Crippen molar-refractivity contribution in [2.45, 2.75) is 104 Å². The van der Waals surface area contributed by atoms with Gasteiger partial charge in [0.25, 0.3) is 11.8 Å². The number of ether oxygens (including phenoxy) is 1. The van der Waals surface area contributed by atoms with Crippen LogP contribution in [0.1, 0.15) is 128 Å². The smallest absolute Gasteiger partial charge is 0.309 e. The number of fused-ring (bicyclic) bond motifs is 2. The number of rotatable bonds is 14. The van der Waals surface area contributed by atoms with Crippen LogP contribution in [0.2, 0.25) is 10.0 Å². The van der Waals surface area contributed by atoms with Crippen LogP contribution >= 0.6 is 23.2 Å². The van der Waals surface area contributed by atoms with Crippen LogP contribution in [0.4, 0.5) is 8.78 Å². The van der Waals surface area contributed by atoms with E-state index in [1.165, 1.54) is 24.3 Å². The number of carbonyl (C=O) groups is 4. The monoisotopic (exact) mass is 1120 g/mol. The van der Waals surface area contributed by atoms with E-state index in [0.29, 0.717) is 68.9 Å². The maximum atomic E-state index is 13.3. The van der Waals surface area contributed by atoms with Crippen LogP contribution in [0.15, 0.2) is 133 Å². The van der Waals surface area contributed by atoms with Gasteiger partial charge in [-0.2, -0.15) is 0 Å². The molecule has 2 fully saturated rings. The number of halogens is 4. The van der Waals surface area contributed by atoms with Crippen molar-refractivity contribution in [3.63, 3.8) is 0 Å². The summed E-state index contributed by atoms with van der Waals surface area (Å²) in [6.07, 6.45) is 5.76. The summed E-state index contributed by atoms with van der Waals surface area (Å²) in [5.41, 5.74) is 9.39. The number of carbonyl (C=O) groups excluding carboxylic acids is 3. The number of carboxylic acid groups (broad SMARTS) is 1. The zero-order valence-corrected chi connectivity index (χ0v) is 46.6. The molecule has 8 aromatic rings. The number of carboxylic acids is 1. The molecule has 2 amide bonds. The van der Waals surface area contributed by atoms with Crippen LogP contribution in [-0.4, -0.2) is 54.4 Å². The molecule has 0 spiro atoms. The van der Waals surface area contributed by atoms with E-state index in [2.05, 4.69) is 10.6 Å². The van der Waals surface area contributed by atoms with Crippen LogP contribution in [0, 0.1) is 35.3 Å². The van der Waals surface area contributed by atoms with Crippen LogP contribution in [0.5, 0.6) is 0 Å². The molecule has 10 rings (SSSR count). The van der Waals surface area contributed by atoms with E-state index in [-0.39, 0.29) is 65.2 Å². The molecule has 0 saturated heterocycles. The largest absolute Gasteiger partial charge is 0.481 e. The van der Waals surface area contributed by atoms with Crippen LogP contribution < -0.4 is 10.6 Å². The first-order chi connectivity index (χ1) is 38.2. The van der Waals surface area contributed by atoms with Crippen molar-refractivity contribution in [1.82, 2.24) is 30.6 Å². The Kier molecular flexibility index (Phi) is 17.7. The summed E-state index contributed by atoms with van der Waals surface area (Å²) in [5, 5.41) is 16.6. The second kappa shape index (κ2) is 24.8. The van der Waals surface area contributed by atoms with Gasteiger partial charge in [-0.25, -0.2) is 28.7 Å². The van der Waals surface area contributed by atoms with E-state index in [1.54, 1.807) is 72.8 Å². The van der Waals surface area contributed by atoms with Crippen LogP contribution in [0.3, 0.4) is 0 Å². The highest BCUT2D eigenvalue weighted by molar-refractivity contribution is 6.31. The maximum Gasteiger partial charge on any atom is 0.309 e. The molecule has 2 heterocycles. The Bertz CT molecular complexity index is 3560. The zero-order chi connectivity index (χ0) is 56.8. The lowest BCUT2D eigenvalue weighted by atomic mass is 9.96. The Morgan fingerprint density at radius 2 is 0.963 bits per heavy atom. The predicted octanol–water partition coefficient (Wildman–Crippen LogP) is 14.5. The van der Waals surface area contributed by atoms with E-state index in [9.17, 15) is 33.1 Å². The van der Waals surface area contributed by atoms with Crippen molar-refractivity contribution < 1.29 is 37.8 Å². The summed E-state index contributed by atoms with van der Waals surface area (Å²) in [6.45, 7) is 9.36. The highest BCUT2D eigenvalue weighted by Crippen LogP contribution is 2.38. The maximum absolute atomic E-state index is 13.3. The van der Waals surface area contributed by atoms with Crippen molar-refractivity contribution in [2.24, 2.45) is 23.7 Å². The average molecular weight is 1120 g/mol. The minimum atomic E-state index is -0.749. The van der Waals surface area contributed by atoms with Gasteiger partial charge < -0.3 is 20.5 Å². The summed E-state index contributed by atoms with van der Waals surface area (Å²) in [6, 6.07) is 36.9. The molecular formula is C64H62Cl2F2N6O6. The highest BCUT2D eigenvalue weighted by Gasteiger charge is 2.34. The molecule has 0 bridgehead atoms. The molecule has 80 heavy (non-hydrogen) atoms. The summed E-state index contributed by atoms with van der Waals surface area (Å²) < 4.78 is 32.2. The van der Waals surface area contributed by atoms with Crippen LogP contribution in [-0.2, 0) is 27.2 Å². The molecule has 12 nitrogen and oxygen atoms in total. The van der Waals surface area contributed by atoms with Gasteiger partial charge in [-0.3, -0.25) is 19.2 Å². The number of esters is 1. The molecule has 2 aromatic heterocycles. The van der Waals surface area contributed by atoms with Crippen molar-refractivity contribution >= 4 is 69.0 Å². The molecule has 6 atom stereocenters. The Morgan fingerprint density at radius 3 is 1.35 bits per heavy atom. The fraction of sp³-hybridized carbons (Fsp3) is 0.312. The third-order valence-corrected chi connectivity index (χ3v) is 15.3. The van der Waals surface area contributed by atoms with Gasteiger partial charge in [0.1, 0.15) is 17.2 Å². The second-order valence-corrected chi connectivity index (χ2v) is 22.9. The molecule has 16 heteroatoms. The Morgan fingerprint density at radius 1 is 0.562 bits per heavy atom. The first-order valence-corrected chi connectivity index (χ1v) is 27.7. The quantitative estimate of drug-likeness (QED) is 0.0890. The lowest BCUT2D eigenvalue weighted by molar-refractivity contribution is -0.159. The van der Waals surface area contributed by atoms with Gasteiger partial charge in [-0.15, -0.1) is 0 Å². The van der Waals surface area contributed by atoms with E-state index in [1.807, 2.05) is 71.0 Å². The van der Waals surface area contributed by atoms with E-state index < -0.39 is 11.6 Å². The normalized spacial score (nSPS) is 17.8. The fourth-order valence-corrected chi connectivity index (χ4v) is 10.8. The molecule has 412 valence electrons. The number of benzene rings is 6. The van der Waals surface area contributed by atoms with E-state index in [4.69, 9.17) is 47.9 Å². The lowest BCUT2D eigenvalue weighted by Crippen LogP contribution is -2.27. The minimum Gasteiger partial charge on any atom is -0.481 e. The second-order valence-electron chi connectivity index (χ2n) is 22.0. The van der Waals surface area contributed by atoms with Crippen molar-refractivity contribution in [2.75, 3.05) is 0 Å². The standard InChI is InChI=1S/C34H35ClFN3O3.C30H27ClFN3O3/c1-20(22-9-14-27(36)15-10-22)37-32(40)24-11-16-28-29(19-24)38-30(31(39-28)23-7-12-26(35)13-8-23)18-21-5-6-25(17-21)33(41)42-34(2,3)4;1-17(19-6-11-24(32)12-7-19)33-29(36)21-8-13-25-26(16-21)34-27(15-18-2-3-22(14-18)30(37)38)28(35-25)20-4-9-23(31)10-5-20/h7-16,19-21,25H,5-6,17-18H2,1-4H3,(H,37,40);4-13,16-18,22H,2-3,14-15H2,1H3,(H,33,36)(H,37,38)/t20-,21?,25?;17-,18?,22?/m11/s1. The van der Waals surface area contributed by atoms with Gasteiger partial charge in [0.05, 0.1) is 68.8 Å². The minimum absolute atomic E-state index is 0.125. The topological polar surface area (TPSA) is 173 Å². The zero-order valence-electron chi connectivity index (χ0n) is 45.1. The van der Waals surface area contributed by atoms with Gasteiger partial charge in [0.15, 0.2) is 0 Å².